The number of fused-ring (bicyclic) bond motifs is 1. The molecule has 25 heavy (non-hydrogen) atoms. The van der Waals surface area contributed by atoms with E-state index >= 15 is 0 Å². The van der Waals surface area contributed by atoms with Crippen molar-refractivity contribution in [2.24, 2.45) is 4.99 Å². The zero-order chi connectivity index (χ0) is 18.1. The molecule has 0 saturated carbocycles. The third-order valence-corrected chi connectivity index (χ3v) is 5.26. The van der Waals surface area contributed by atoms with E-state index in [1.54, 1.807) is 30.0 Å². The lowest BCUT2D eigenvalue weighted by Crippen LogP contribution is -2.40. The maximum atomic E-state index is 12.7. The number of amides is 1. The first kappa shape index (κ1) is 17.8. The number of esters is 1. The maximum Gasteiger partial charge on any atom is 0.338 e. The highest BCUT2D eigenvalue weighted by atomic mass is 35.5. The molecule has 5 nitrogen and oxygen atoms in total. The number of aliphatic imine (C=N–C) groups is 1. The van der Waals surface area contributed by atoms with Crippen LogP contribution in [0.4, 0.5) is 0 Å². The minimum absolute atomic E-state index is 0.0877. The van der Waals surface area contributed by atoms with Gasteiger partial charge in [0.1, 0.15) is 6.61 Å². The quantitative estimate of drug-likeness (QED) is 0.593. The van der Waals surface area contributed by atoms with Crippen LogP contribution in [0.3, 0.4) is 0 Å². The van der Waals surface area contributed by atoms with Gasteiger partial charge in [-0.1, -0.05) is 48.2 Å². The molecule has 2 atom stereocenters. The number of hydrogen-bond acceptors (Lipinski definition) is 5. The number of rotatable bonds is 4. The summed E-state index contributed by atoms with van der Waals surface area (Å²) in [5.41, 5.74) is 1.63. The van der Waals surface area contributed by atoms with Crippen LogP contribution in [0, 0.1) is 0 Å². The van der Waals surface area contributed by atoms with Crippen molar-refractivity contribution < 1.29 is 14.3 Å². The van der Waals surface area contributed by atoms with Crippen molar-refractivity contribution in [1.29, 1.82) is 0 Å². The van der Waals surface area contributed by atoms with Crippen molar-refractivity contribution >= 4 is 40.4 Å². The summed E-state index contributed by atoms with van der Waals surface area (Å²) < 4.78 is 5.23. The molecule has 2 aliphatic heterocycles. The Labute approximate surface area is 155 Å². The Morgan fingerprint density at radius 1 is 1.52 bits per heavy atom. The Morgan fingerprint density at radius 2 is 2.28 bits per heavy atom. The first-order valence-corrected chi connectivity index (χ1v) is 9.02. The van der Waals surface area contributed by atoms with E-state index in [1.165, 1.54) is 17.8 Å². The highest BCUT2D eigenvalue weighted by molar-refractivity contribution is 8.15. The van der Waals surface area contributed by atoms with E-state index < -0.39 is 12.0 Å². The number of hydrogen-bond donors (Lipinski definition) is 0. The van der Waals surface area contributed by atoms with Gasteiger partial charge in [0.25, 0.3) is 0 Å². The van der Waals surface area contributed by atoms with Gasteiger partial charge >= 0.3 is 5.97 Å². The van der Waals surface area contributed by atoms with E-state index in [4.69, 9.17) is 16.3 Å². The Bertz CT molecular complexity index is 818. The summed E-state index contributed by atoms with van der Waals surface area (Å²) in [6.07, 6.45) is 1.50. The number of nitrogens with zero attached hydrogens (tertiary/aromatic N) is 2. The molecule has 0 radical (unpaired) electrons. The van der Waals surface area contributed by atoms with Gasteiger partial charge in [0, 0.05) is 5.02 Å². The van der Waals surface area contributed by atoms with Gasteiger partial charge in [0.05, 0.1) is 22.6 Å². The third kappa shape index (κ3) is 3.24. The smallest absolute Gasteiger partial charge is 0.338 e. The van der Waals surface area contributed by atoms with E-state index in [1.807, 2.05) is 13.0 Å². The number of carbonyl (C=O) groups is 2. The molecule has 2 heterocycles. The van der Waals surface area contributed by atoms with Gasteiger partial charge in [-0.3, -0.25) is 9.69 Å². The SMILES string of the molecule is C=CCOC(=O)C1=C(C)N=C2S[C@H](C)C(=O)N2[C@@H]1c1cccc(Cl)c1. The van der Waals surface area contributed by atoms with Gasteiger partial charge in [-0.2, -0.15) is 0 Å². The molecular weight excluding hydrogens is 360 g/mol. The van der Waals surface area contributed by atoms with Crippen LogP contribution >= 0.6 is 23.4 Å². The Kier molecular flexibility index (Phi) is 5.01. The maximum absolute atomic E-state index is 12.7. The van der Waals surface area contributed by atoms with Crippen molar-refractivity contribution in [2.45, 2.75) is 25.1 Å². The minimum Gasteiger partial charge on any atom is -0.458 e. The molecular formula is C18H17ClN2O3S. The molecule has 1 aromatic rings. The van der Waals surface area contributed by atoms with Gasteiger partial charge in [-0.25, -0.2) is 9.79 Å². The predicted molar refractivity (Wildman–Crippen MR) is 99.4 cm³/mol. The molecule has 0 aliphatic carbocycles. The lowest BCUT2D eigenvalue weighted by Gasteiger charge is -2.33. The fourth-order valence-corrected chi connectivity index (χ4v) is 4.10. The summed E-state index contributed by atoms with van der Waals surface area (Å²) in [4.78, 5) is 31.4. The molecule has 0 spiro atoms. The summed E-state index contributed by atoms with van der Waals surface area (Å²) in [7, 11) is 0. The number of thioether (sulfide) groups is 1. The van der Waals surface area contributed by atoms with Crippen LogP contribution in [0.15, 0.2) is 53.2 Å². The molecule has 0 N–H and O–H groups in total. The summed E-state index contributed by atoms with van der Waals surface area (Å²) in [6.45, 7) is 7.22. The van der Waals surface area contributed by atoms with Crippen LogP contribution in [0.5, 0.6) is 0 Å². The molecule has 0 aromatic heterocycles. The van der Waals surface area contributed by atoms with Crippen LogP contribution in [0.25, 0.3) is 0 Å². The molecule has 7 heteroatoms. The molecule has 1 saturated heterocycles. The normalized spacial score (nSPS) is 22.6. The molecule has 0 unspecified atom stereocenters. The lowest BCUT2D eigenvalue weighted by molar-refractivity contribution is -0.139. The van der Waals surface area contributed by atoms with Crippen molar-refractivity contribution in [3.63, 3.8) is 0 Å². The fourth-order valence-electron chi connectivity index (χ4n) is 2.87. The van der Waals surface area contributed by atoms with Gasteiger partial charge in [0.15, 0.2) is 5.17 Å². The van der Waals surface area contributed by atoms with Crippen molar-refractivity contribution in [2.75, 3.05) is 6.61 Å². The lowest BCUT2D eigenvalue weighted by atomic mass is 9.94. The van der Waals surface area contributed by atoms with Crippen LogP contribution in [-0.2, 0) is 14.3 Å². The molecule has 2 aliphatic rings. The van der Waals surface area contributed by atoms with Crippen molar-refractivity contribution in [1.82, 2.24) is 4.90 Å². The van der Waals surface area contributed by atoms with Gasteiger partial charge in [0.2, 0.25) is 5.91 Å². The van der Waals surface area contributed by atoms with E-state index in [0.717, 1.165) is 5.56 Å². The zero-order valence-electron chi connectivity index (χ0n) is 13.9. The highest BCUT2D eigenvalue weighted by Crippen LogP contribution is 2.43. The summed E-state index contributed by atoms with van der Waals surface area (Å²) in [6, 6.07) is 6.53. The first-order chi connectivity index (χ1) is 11.9. The van der Waals surface area contributed by atoms with Crippen molar-refractivity contribution in [3.8, 4) is 0 Å². The highest BCUT2D eigenvalue weighted by Gasteiger charge is 2.46. The Hall–Kier alpha value is -2.05. The molecule has 1 amide bonds. The average Bonchev–Trinajstić information content (AvgIpc) is 2.85. The van der Waals surface area contributed by atoms with E-state index in [-0.39, 0.29) is 17.8 Å². The van der Waals surface area contributed by atoms with E-state index in [9.17, 15) is 9.59 Å². The van der Waals surface area contributed by atoms with Crippen LogP contribution in [0.1, 0.15) is 25.5 Å². The monoisotopic (exact) mass is 376 g/mol. The predicted octanol–water partition coefficient (Wildman–Crippen LogP) is 3.72. The van der Waals surface area contributed by atoms with Gasteiger partial charge in [-0.15, -0.1) is 0 Å². The summed E-state index contributed by atoms with van der Waals surface area (Å²) in [5, 5.41) is 0.877. The molecule has 1 fully saturated rings. The number of halogens is 1. The average molecular weight is 377 g/mol. The second kappa shape index (κ2) is 7.06. The van der Waals surface area contributed by atoms with E-state index in [0.29, 0.717) is 21.5 Å². The van der Waals surface area contributed by atoms with Crippen LogP contribution < -0.4 is 0 Å². The summed E-state index contributed by atoms with van der Waals surface area (Å²) >= 11 is 7.52. The standard InChI is InChI=1S/C18H17ClN2O3S/c1-4-8-24-17(23)14-10(2)20-18-21(16(22)11(3)25-18)15(14)12-6-5-7-13(19)9-12/h4-7,9,11,15H,1,8H2,2-3H3/t11-,15-/m1/s1. The fraction of sp³-hybridized carbons (Fsp3) is 0.278. The second-order valence-electron chi connectivity index (χ2n) is 5.71. The largest absolute Gasteiger partial charge is 0.458 e. The third-order valence-electron chi connectivity index (χ3n) is 3.97. The molecule has 1 aromatic carbocycles. The topological polar surface area (TPSA) is 59.0 Å². The molecule has 3 rings (SSSR count). The number of carbonyl (C=O) groups excluding carboxylic acids is 2. The number of benzene rings is 1. The number of amidine groups is 1. The van der Waals surface area contributed by atoms with Crippen LogP contribution in [0.2, 0.25) is 5.02 Å². The number of allylic oxidation sites excluding steroid dienone is 1. The van der Waals surface area contributed by atoms with Crippen LogP contribution in [-0.4, -0.2) is 33.8 Å². The number of ether oxygens (including phenoxy) is 1. The summed E-state index contributed by atoms with van der Waals surface area (Å²) in [5.74, 6) is -0.599. The zero-order valence-corrected chi connectivity index (χ0v) is 15.4. The molecule has 130 valence electrons. The Morgan fingerprint density at radius 3 is 2.96 bits per heavy atom. The first-order valence-electron chi connectivity index (χ1n) is 7.76. The van der Waals surface area contributed by atoms with E-state index in [2.05, 4.69) is 11.6 Å². The van der Waals surface area contributed by atoms with Gasteiger partial charge < -0.3 is 4.74 Å². The van der Waals surface area contributed by atoms with Gasteiger partial charge in [-0.05, 0) is 31.5 Å². The molecule has 0 bridgehead atoms. The minimum atomic E-state index is -0.603. The van der Waals surface area contributed by atoms with Crippen molar-refractivity contribution in [3.05, 3.63) is 58.8 Å². The second-order valence-corrected chi connectivity index (χ2v) is 7.45. The Balaban J connectivity index is 2.13.